The molecule has 0 aromatic heterocycles. The Morgan fingerprint density at radius 2 is 1.84 bits per heavy atom. The second kappa shape index (κ2) is 5.99. The van der Waals surface area contributed by atoms with Crippen molar-refractivity contribution >= 4 is 17.3 Å². The van der Waals surface area contributed by atoms with Gasteiger partial charge < -0.3 is 11.1 Å². The summed E-state index contributed by atoms with van der Waals surface area (Å²) in [6.45, 7) is 0.232. The second-order valence-electron chi connectivity index (χ2n) is 4.09. The summed E-state index contributed by atoms with van der Waals surface area (Å²) in [6, 6.07) is 10.6. The highest BCUT2D eigenvalue weighted by Crippen LogP contribution is 2.26. The number of halogens is 3. The molecule has 0 radical (unpaired) electrons. The summed E-state index contributed by atoms with van der Waals surface area (Å²) in [4.78, 5) is 0. The minimum atomic E-state index is -0.892. The lowest BCUT2D eigenvalue weighted by Gasteiger charge is -2.19. The number of anilines is 1. The molecule has 2 aromatic carbocycles. The molecule has 0 spiro atoms. The molecule has 0 saturated heterocycles. The van der Waals surface area contributed by atoms with Gasteiger partial charge in [-0.3, -0.25) is 0 Å². The Morgan fingerprint density at radius 1 is 1.11 bits per heavy atom. The Labute approximate surface area is 115 Å². The van der Waals surface area contributed by atoms with Crippen molar-refractivity contribution in [2.45, 2.75) is 6.04 Å². The Bertz CT molecular complexity index is 575. The number of nitrogens with one attached hydrogen (secondary N) is 1. The zero-order valence-corrected chi connectivity index (χ0v) is 10.8. The normalized spacial score (nSPS) is 12.2. The largest absolute Gasteiger partial charge is 0.376 e. The van der Waals surface area contributed by atoms with Gasteiger partial charge in [0, 0.05) is 6.54 Å². The predicted octanol–water partition coefficient (Wildman–Crippen LogP) is 3.73. The quantitative estimate of drug-likeness (QED) is 0.897. The highest BCUT2D eigenvalue weighted by molar-refractivity contribution is 6.33. The van der Waals surface area contributed by atoms with Crippen molar-refractivity contribution in [3.8, 4) is 0 Å². The van der Waals surface area contributed by atoms with E-state index in [1.54, 1.807) is 12.1 Å². The molecule has 0 amide bonds. The molecule has 5 heteroatoms. The average molecular weight is 283 g/mol. The van der Waals surface area contributed by atoms with Crippen molar-refractivity contribution in [3.05, 3.63) is 64.7 Å². The molecular formula is C14H13ClF2N2. The van der Waals surface area contributed by atoms with Gasteiger partial charge in [0.15, 0.2) is 11.6 Å². The fraction of sp³-hybridized carbons (Fsp3) is 0.143. The number of rotatable bonds is 4. The van der Waals surface area contributed by atoms with E-state index >= 15 is 0 Å². The summed E-state index contributed by atoms with van der Waals surface area (Å²) in [5.74, 6) is -1.77. The van der Waals surface area contributed by atoms with Crippen LogP contribution in [0.2, 0.25) is 5.02 Å². The molecule has 0 bridgehead atoms. The minimum absolute atomic E-state index is 0.232. The first kappa shape index (κ1) is 13.8. The van der Waals surface area contributed by atoms with Crippen LogP contribution in [-0.4, -0.2) is 6.54 Å². The molecule has 100 valence electrons. The lowest BCUT2D eigenvalue weighted by Crippen LogP contribution is -2.21. The van der Waals surface area contributed by atoms with Crippen LogP contribution in [0.15, 0.2) is 42.5 Å². The van der Waals surface area contributed by atoms with Crippen LogP contribution in [0, 0.1) is 11.6 Å². The molecular weight excluding hydrogens is 270 g/mol. The number of nitrogens with two attached hydrogens (primary N) is 1. The molecule has 19 heavy (non-hydrogen) atoms. The summed E-state index contributed by atoms with van der Waals surface area (Å²) in [5, 5.41) is 3.66. The van der Waals surface area contributed by atoms with Gasteiger partial charge in [-0.05, 0) is 29.8 Å². The Morgan fingerprint density at radius 3 is 2.47 bits per heavy atom. The smallest absolute Gasteiger partial charge is 0.159 e. The van der Waals surface area contributed by atoms with Crippen LogP contribution in [0.5, 0.6) is 0 Å². The molecule has 1 atom stereocenters. The first-order valence-corrected chi connectivity index (χ1v) is 6.15. The van der Waals surface area contributed by atoms with E-state index in [0.29, 0.717) is 16.3 Å². The summed E-state index contributed by atoms with van der Waals surface area (Å²) in [5.41, 5.74) is 6.94. The number of hydrogen-bond donors (Lipinski definition) is 2. The summed E-state index contributed by atoms with van der Waals surface area (Å²) in [7, 11) is 0. The van der Waals surface area contributed by atoms with Gasteiger partial charge in [-0.1, -0.05) is 29.8 Å². The van der Waals surface area contributed by atoms with E-state index in [4.69, 9.17) is 17.3 Å². The lowest BCUT2D eigenvalue weighted by molar-refractivity contribution is 0.506. The number of para-hydroxylation sites is 1. The van der Waals surface area contributed by atoms with Crippen LogP contribution in [0.4, 0.5) is 14.5 Å². The predicted molar refractivity (Wildman–Crippen MR) is 73.2 cm³/mol. The maximum atomic E-state index is 13.2. The molecule has 0 aliphatic heterocycles. The standard InChI is InChI=1S/C14H13ClF2N2/c15-10-3-1-2-4-13(10)19-14(8-18)9-5-6-11(16)12(17)7-9/h1-7,14,19H,8,18H2. The Kier molecular flexibility index (Phi) is 4.35. The van der Waals surface area contributed by atoms with Gasteiger partial charge in [0.05, 0.1) is 16.8 Å². The molecule has 0 aliphatic carbocycles. The molecule has 1 unspecified atom stereocenters. The van der Waals surface area contributed by atoms with Crippen molar-refractivity contribution in [2.24, 2.45) is 5.73 Å². The summed E-state index contributed by atoms with van der Waals surface area (Å²) >= 11 is 6.03. The van der Waals surface area contributed by atoms with E-state index < -0.39 is 11.6 Å². The molecule has 0 saturated carbocycles. The van der Waals surface area contributed by atoms with E-state index in [1.165, 1.54) is 6.07 Å². The Hall–Kier alpha value is -1.65. The summed E-state index contributed by atoms with van der Waals surface area (Å²) < 4.78 is 26.1. The molecule has 2 aromatic rings. The number of hydrogen-bond acceptors (Lipinski definition) is 2. The zero-order valence-electron chi connectivity index (χ0n) is 10.0. The minimum Gasteiger partial charge on any atom is -0.376 e. The van der Waals surface area contributed by atoms with Crippen LogP contribution >= 0.6 is 11.6 Å². The Balaban J connectivity index is 2.25. The number of benzene rings is 2. The fourth-order valence-electron chi connectivity index (χ4n) is 1.77. The SMILES string of the molecule is NCC(Nc1ccccc1Cl)c1ccc(F)c(F)c1. The van der Waals surface area contributed by atoms with E-state index in [9.17, 15) is 8.78 Å². The van der Waals surface area contributed by atoms with Crippen molar-refractivity contribution in [1.82, 2.24) is 0 Å². The summed E-state index contributed by atoms with van der Waals surface area (Å²) in [6.07, 6.45) is 0. The third kappa shape index (κ3) is 3.22. The third-order valence-corrected chi connectivity index (χ3v) is 3.11. The van der Waals surface area contributed by atoms with Crippen LogP contribution in [-0.2, 0) is 0 Å². The third-order valence-electron chi connectivity index (χ3n) is 2.79. The van der Waals surface area contributed by atoms with Gasteiger partial charge >= 0.3 is 0 Å². The molecule has 0 heterocycles. The molecule has 2 nitrogen and oxygen atoms in total. The monoisotopic (exact) mass is 282 g/mol. The van der Waals surface area contributed by atoms with Crippen LogP contribution < -0.4 is 11.1 Å². The average Bonchev–Trinajstić information content (AvgIpc) is 2.41. The maximum absolute atomic E-state index is 13.2. The van der Waals surface area contributed by atoms with Crippen molar-refractivity contribution in [1.29, 1.82) is 0 Å². The van der Waals surface area contributed by atoms with Crippen LogP contribution in [0.1, 0.15) is 11.6 Å². The zero-order chi connectivity index (χ0) is 13.8. The second-order valence-corrected chi connectivity index (χ2v) is 4.49. The highest BCUT2D eigenvalue weighted by Gasteiger charge is 2.13. The van der Waals surface area contributed by atoms with Gasteiger partial charge in [0.2, 0.25) is 0 Å². The van der Waals surface area contributed by atoms with E-state index in [-0.39, 0.29) is 12.6 Å². The first-order valence-electron chi connectivity index (χ1n) is 5.78. The first-order chi connectivity index (χ1) is 9.11. The molecule has 3 N–H and O–H groups in total. The van der Waals surface area contributed by atoms with Gasteiger partial charge in [-0.2, -0.15) is 0 Å². The van der Waals surface area contributed by atoms with E-state index in [0.717, 1.165) is 12.1 Å². The molecule has 0 fully saturated rings. The van der Waals surface area contributed by atoms with Crippen molar-refractivity contribution in [3.63, 3.8) is 0 Å². The van der Waals surface area contributed by atoms with E-state index in [1.807, 2.05) is 12.1 Å². The van der Waals surface area contributed by atoms with Gasteiger partial charge in [0.1, 0.15) is 0 Å². The fourth-order valence-corrected chi connectivity index (χ4v) is 1.96. The maximum Gasteiger partial charge on any atom is 0.159 e. The topological polar surface area (TPSA) is 38.0 Å². The van der Waals surface area contributed by atoms with Crippen molar-refractivity contribution in [2.75, 3.05) is 11.9 Å². The molecule has 2 rings (SSSR count). The van der Waals surface area contributed by atoms with Gasteiger partial charge in [0.25, 0.3) is 0 Å². The highest BCUT2D eigenvalue weighted by atomic mass is 35.5. The van der Waals surface area contributed by atoms with Crippen molar-refractivity contribution < 1.29 is 8.78 Å². The van der Waals surface area contributed by atoms with Gasteiger partial charge in [-0.15, -0.1) is 0 Å². The van der Waals surface area contributed by atoms with Crippen LogP contribution in [0.3, 0.4) is 0 Å². The van der Waals surface area contributed by atoms with Gasteiger partial charge in [-0.25, -0.2) is 8.78 Å². The lowest BCUT2D eigenvalue weighted by atomic mass is 10.1. The molecule has 0 aliphatic rings. The van der Waals surface area contributed by atoms with Crippen LogP contribution in [0.25, 0.3) is 0 Å². The van der Waals surface area contributed by atoms with E-state index in [2.05, 4.69) is 5.32 Å².